The van der Waals surface area contributed by atoms with Crippen molar-refractivity contribution < 1.29 is 19.4 Å². The van der Waals surface area contributed by atoms with Crippen molar-refractivity contribution in [2.75, 3.05) is 0 Å². The van der Waals surface area contributed by atoms with Crippen LogP contribution in [0.4, 0.5) is 0 Å². The summed E-state index contributed by atoms with van der Waals surface area (Å²) in [6.07, 6.45) is 5.44. The summed E-state index contributed by atoms with van der Waals surface area (Å²) in [4.78, 5) is 23.5. The maximum Gasteiger partial charge on any atom is 0.310 e. The molecule has 0 aromatic rings. The molecule has 19 heavy (non-hydrogen) atoms. The Morgan fingerprint density at radius 1 is 1.26 bits per heavy atom. The van der Waals surface area contributed by atoms with Gasteiger partial charge in [0.25, 0.3) is 0 Å². The van der Waals surface area contributed by atoms with E-state index in [4.69, 9.17) is 4.74 Å². The lowest BCUT2D eigenvalue weighted by molar-refractivity contribution is -0.166. The minimum absolute atomic E-state index is 0.336. The molecular weight excluding hydrogens is 263 g/mol. The standard InChI is InChI=1S/C14H25O4P/c1-3-9-14(19,4-2)18-13(17)11-8-6-5-7-10(11)12(15)16/h10-11H,3-9,19H2,1-2H3,(H,15,16). The summed E-state index contributed by atoms with van der Waals surface area (Å²) < 4.78 is 5.61. The van der Waals surface area contributed by atoms with E-state index in [9.17, 15) is 14.7 Å². The Morgan fingerprint density at radius 2 is 1.84 bits per heavy atom. The first-order valence-electron chi connectivity index (χ1n) is 7.18. The van der Waals surface area contributed by atoms with Gasteiger partial charge in [0.1, 0.15) is 5.34 Å². The quantitative estimate of drug-likeness (QED) is 0.602. The Balaban J connectivity index is 2.71. The van der Waals surface area contributed by atoms with Crippen LogP contribution in [0.5, 0.6) is 0 Å². The molecule has 0 amide bonds. The van der Waals surface area contributed by atoms with Crippen LogP contribution in [-0.4, -0.2) is 22.4 Å². The van der Waals surface area contributed by atoms with Crippen LogP contribution in [0.15, 0.2) is 0 Å². The third-order valence-corrected chi connectivity index (χ3v) is 4.78. The summed E-state index contributed by atoms with van der Waals surface area (Å²) in [5.74, 6) is -2.26. The first kappa shape index (κ1) is 16.4. The number of carboxylic acid groups (broad SMARTS) is 1. The van der Waals surface area contributed by atoms with Crippen LogP contribution in [0.1, 0.15) is 58.8 Å². The molecule has 5 heteroatoms. The molecule has 0 spiro atoms. The lowest BCUT2D eigenvalue weighted by atomic mass is 9.79. The van der Waals surface area contributed by atoms with Crippen LogP contribution < -0.4 is 0 Å². The average Bonchev–Trinajstić information content (AvgIpc) is 2.38. The number of aliphatic carboxylic acids is 1. The summed E-state index contributed by atoms with van der Waals surface area (Å²) in [5.41, 5.74) is 0. The van der Waals surface area contributed by atoms with Crippen molar-refractivity contribution in [2.24, 2.45) is 11.8 Å². The molecule has 4 atom stereocenters. The number of hydrogen-bond donors (Lipinski definition) is 1. The average molecular weight is 288 g/mol. The van der Waals surface area contributed by atoms with Crippen LogP contribution in [0.25, 0.3) is 0 Å². The lowest BCUT2D eigenvalue weighted by Crippen LogP contribution is -2.38. The van der Waals surface area contributed by atoms with Gasteiger partial charge in [0.15, 0.2) is 0 Å². The molecule has 4 nitrogen and oxygen atoms in total. The largest absolute Gasteiger partial charge is 0.481 e. The van der Waals surface area contributed by atoms with Gasteiger partial charge in [0.2, 0.25) is 0 Å². The second-order valence-electron chi connectivity index (χ2n) is 5.43. The number of carbonyl (C=O) groups excluding carboxylic acids is 1. The summed E-state index contributed by atoms with van der Waals surface area (Å²) in [7, 11) is 2.62. The zero-order chi connectivity index (χ0) is 14.5. The number of carbonyl (C=O) groups is 2. The van der Waals surface area contributed by atoms with Gasteiger partial charge >= 0.3 is 11.9 Å². The molecule has 0 heterocycles. The molecule has 0 aliphatic heterocycles. The van der Waals surface area contributed by atoms with Crippen molar-refractivity contribution in [3.63, 3.8) is 0 Å². The number of hydrogen-bond acceptors (Lipinski definition) is 3. The normalized spacial score (nSPS) is 26.5. The number of carboxylic acids is 1. The molecule has 1 aliphatic rings. The molecule has 1 aliphatic carbocycles. The fraction of sp³-hybridized carbons (Fsp3) is 0.857. The molecule has 110 valence electrons. The highest BCUT2D eigenvalue weighted by Gasteiger charge is 2.39. The Kier molecular flexibility index (Phi) is 6.25. The van der Waals surface area contributed by atoms with Gasteiger partial charge in [0, 0.05) is 0 Å². The topological polar surface area (TPSA) is 63.6 Å². The third kappa shape index (κ3) is 4.45. The van der Waals surface area contributed by atoms with Crippen molar-refractivity contribution in [2.45, 2.75) is 64.1 Å². The van der Waals surface area contributed by atoms with E-state index in [1.165, 1.54) is 0 Å². The van der Waals surface area contributed by atoms with E-state index < -0.39 is 23.1 Å². The maximum absolute atomic E-state index is 12.3. The fourth-order valence-electron chi connectivity index (χ4n) is 2.71. The van der Waals surface area contributed by atoms with Crippen LogP contribution >= 0.6 is 9.24 Å². The zero-order valence-corrected chi connectivity index (χ0v) is 13.0. The molecule has 0 aromatic heterocycles. The molecule has 0 saturated heterocycles. The molecule has 1 N–H and O–H groups in total. The fourth-order valence-corrected chi connectivity index (χ4v) is 3.11. The number of rotatable bonds is 6. The summed E-state index contributed by atoms with van der Waals surface area (Å²) in [5, 5.41) is 8.67. The molecular formula is C14H25O4P. The van der Waals surface area contributed by atoms with Gasteiger partial charge < -0.3 is 9.84 Å². The van der Waals surface area contributed by atoms with Gasteiger partial charge in [-0.05, 0) is 25.7 Å². The summed E-state index contributed by atoms with van der Waals surface area (Å²) in [6.45, 7) is 4.02. The number of esters is 1. The zero-order valence-electron chi connectivity index (χ0n) is 11.9. The predicted octanol–water partition coefficient (Wildman–Crippen LogP) is 3.20. The molecule has 1 rings (SSSR count). The van der Waals surface area contributed by atoms with E-state index in [-0.39, 0.29) is 5.97 Å². The van der Waals surface area contributed by atoms with Crippen molar-refractivity contribution in [3.05, 3.63) is 0 Å². The van der Waals surface area contributed by atoms with E-state index in [1.54, 1.807) is 0 Å². The van der Waals surface area contributed by atoms with Crippen LogP contribution in [0, 0.1) is 11.8 Å². The second-order valence-corrected chi connectivity index (χ2v) is 6.48. The monoisotopic (exact) mass is 288 g/mol. The molecule has 1 fully saturated rings. The lowest BCUT2D eigenvalue weighted by Gasteiger charge is -2.33. The molecule has 0 aromatic carbocycles. The number of ether oxygens (including phenoxy) is 1. The minimum Gasteiger partial charge on any atom is -0.481 e. The van der Waals surface area contributed by atoms with Crippen molar-refractivity contribution in [1.82, 2.24) is 0 Å². The SMILES string of the molecule is CCCC(P)(CC)OC(=O)C1CCCCC1C(=O)O. The first-order chi connectivity index (χ1) is 8.93. The van der Waals surface area contributed by atoms with E-state index in [0.29, 0.717) is 12.8 Å². The van der Waals surface area contributed by atoms with E-state index in [1.807, 2.05) is 13.8 Å². The highest BCUT2D eigenvalue weighted by Crippen LogP contribution is 2.36. The van der Waals surface area contributed by atoms with Crippen LogP contribution in [0.3, 0.4) is 0 Å². The van der Waals surface area contributed by atoms with Gasteiger partial charge in [-0.1, -0.05) is 42.3 Å². The summed E-state index contributed by atoms with van der Waals surface area (Å²) >= 11 is 0. The van der Waals surface area contributed by atoms with Gasteiger partial charge in [-0.15, -0.1) is 0 Å². The van der Waals surface area contributed by atoms with Gasteiger partial charge in [0.05, 0.1) is 11.8 Å². The van der Waals surface area contributed by atoms with Crippen molar-refractivity contribution >= 4 is 21.2 Å². The highest BCUT2D eigenvalue weighted by atomic mass is 31.0. The van der Waals surface area contributed by atoms with Gasteiger partial charge in [-0.2, -0.15) is 0 Å². The molecule has 0 radical (unpaired) electrons. The summed E-state index contributed by atoms with van der Waals surface area (Å²) in [6, 6.07) is 0. The second kappa shape index (κ2) is 7.23. The van der Waals surface area contributed by atoms with E-state index in [0.717, 1.165) is 32.1 Å². The third-order valence-electron chi connectivity index (χ3n) is 3.96. The van der Waals surface area contributed by atoms with E-state index >= 15 is 0 Å². The van der Waals surface area contributed by atoms with Crippen LogP contribution in [-0.2, 0) is 14.3 Å². The Bertz CT molecular complexity index is 331. The van der Waals surface area contributed by atoms with Crippen molar-refractivity contribution in [1.29, 1.82) is 0 Å². The molecule has 0 bridgehead atoms. The highest BCUT2D eigenvalue weighted by molar-refractivity contribution is 7.18. The van der Waals surface area contributed by atoms with Gasteiger partial charge in [-0.3, -0.25) is 9.59 Å². The molecule has 1 saturated carbocycles. The van der Waals surface area contributed by atoms with E-state index in [2.05, 4.69) is 9.24 Å². The van der Waals surface area contributed by atoms with Gasteiger partial charge in [-0.25, -0.2) is 0 Å². The Labute approximate surface area is 117 Å². The first-order valence-corrected chi connectivity index (χ1v) is 7.75. The predicted molar refractivity (Wildman–Crippen MR) is 76.8 cm³/mol. The van der Waals surface area contributed by atoms with Crippen LogP contribution in [0.2, 0.25) is 0 Å². The Morgan fingerprint density at radius 3 is 2.32 bits per heavy atom. The maximum atomic E-state index is 12.3. The molecule has 4 unspecified atom stereocenters. The Hall–Kier alpha value is -0.630. The van der Waals surface area contributed by atoms with Crippen molar-refractivity contribution in [3.8, 4) is 0 Å². The minimum atomic E-state index is -0.872. The smallest absolute Gasteiger partial charge is 0.310 e.